The Bertz CT molecular complexity index is 571. The summed E-state index contributed by atoms with van der Waals surface area (Å²) in [6.45, 7) is 30.3. The second-order valence-electron chi connectivity index (χ2n) is 7.48. The maximum Gasteiger partial charge on any atom is 0.124 e. The lowest BCUT2D eigenvalue weighted by Gasteiger charge is -2.34. The molecule has 0 fully saturated rings. The lowest BCUT2D eigenvalue weighted by Crippen LogP contribution is -3.00. The normalized spacial score (nSPS) is 11.4. The van der Waals surface area contributed by atoms with Gasteiger partial charge in [-0.2, -0.15) is 0 Å². The summed E-state index contributed by atoms with van der Waals surface area (Å²) >= 11 is 0. The van der Waals surface area contributed by atoms with Crippen LogP contribution in [0.1, 0.15) is 61.0 Å². The summed E-state index contributed by atoms with van der Waals surface area (Å²) in [6.07, 6.45) is 0. The molecular weight excluding hydrogens is 464 g/mol. The Kier molecular flexibility index (Phi) is 19.5. The predicted molar refractivity (Wildman–Crippen MR) is 124 cm³/mol. The Morgan fingerprint density at radius 2 is 0.867 bits per heavy atom. The van der Waals surface area contributed by atoms with E-state index in [0.29, 0.717) is 0 Å². The second-order valence-corrected chi connectivity index (χ2v) is 8.86. The van der Waals surface area contributed by atoms with Gasteiger partial charge in [0, 0.05) is 0 Å². The van der Waals surface area contributed by atoms with Crippen LogP contribution in [0.3, 0.4) is 0 Å². The van der Waals surface area contributed by atoms with Crippen LogP contribution in [-0.2, 0) is 10.1 Å². The summed E-state index contributed by atoms with van der Waals surface area (Å²) < 4.78 is 33.7. The van der Waals surface area contributed by atoms with Gasteiger partial charge >= 0.3 is 0 Å². The maximum atomic E-state index is 10.4. The molecule has 180 valence electrons. The van der Waals surface area contributed by atoms with E-state index in [1.165, 1.54) is 73.5 Å². The average Bonchev–Trinajstić information content (AvgIpc) is 2.73. The zero-order valence-electron chi connectivity index (χ0n) is 20.9. The number of quaternary nitrogens is 2. The van der Waals surface area contributed by atoms with E-state index in [9.17, 15) is 13.0 Å². The number of aryl methyl sites for hydroxylation is 1. The van der Waals surface area contributed by atoms with Gasteiger partial charge < -0.3 is 30.5 Å². The molecule has 0 aliphatic carbocycles. The molecule has 0 saturated carbocycles. The lowest BCUT2D eigenvalue weighted by molar-refractivity contribution is -0.921. The van der Waals surface area contributed by atoms with Crippen molar-refractivity contribution in [1.82, 2.24) is 0 Å². The van der Waals surface area contributed by atoms with Crippen molar-refractivity contribution in [2.24, 2.45) is 0 Å². The summed E-state index contributed by atoms with van der Waals surface area (Å²) in [5.74, 6) is 0. The smallest absolute Gasteiger partial charge is 0.124 e. The molecule has 0 spiro atoms. The van der Waals surface area contributed by atoms with E-state index in [4.69, 9.17) is 0 Å². The molecule has 1 aromatic carbocycles. The average molecular weight is 512 g/mol. The minimum atomic E-state index is -4.27. The SMILES string of the molecule is CC[N+](CC)(CC)CC.CC[N+](CC)(CC)CC.Cc1ccc(S(=O)(=O)[O-])cc1.[Br-]. The molecule has 0 N–H and O–H groups in total. The van der Waals surface area contributed by atoms with Gasteiger partial charge in [-0.3, -0.25) is 0 Å². The number of benzene rings is 1. The molecule has 0 amide bonds. The van der Waals surface area contributed by atoms with Gasteiger partial charge in [0.25, 0.3) is 0 Å². The van der Waals surface area contributed by atoms with Crippen molar-refractivity contribution in [1.29, 1.82) is 0 Å². The van der Waals surface area contributed by atoms with Crippen molar-refractivity contribution in [3.05, 3.63) is 29.8 Å². The Morgan fingerprint density at radius 3 is 1.00 bits per heavy atom. The molecule has 0 saturated heterocycles. The fourth-order valence-corrected chi connectivity index (χ4v) is 3.86. The van der Waals surface area contributed by atoms with E-state index >= 15 is 0 Å². The molecule has 1 rings (SSSR count). The summed E-state index contributed by atoms with van der Waals surface area (Å²) in [6, 6.07) is 5.78. The van der Waals surface area contributed by atoms with E-state index in [1.807, 2.05) is 6.92 Å². The van der Waals surface area contributed by atoms with Gasteiger partial charge in [-0.05, 0) is 74.4 Å². The highest BCUT2D eigenvalue weighted by molar-refractivity contribution is 7.85. The number of rotatable bonds is 9. The van der Waals surface area contributed by atoms with Crippen LogP contribution >= 0.6 is 0 Å². The summed E-state index contributed by atoms with van der Waals surface area (Å²) in [5, 5.41) is 0. The molecule has 0 aromatic heterocycles. The third-order valence-corrected chi connectivity index (χ3v) is 7.53. The van der Waals surface area contributed by atoms with Crippen LogP contribution in [0.4, 0.5) is 0 Å². The highest BCUT2D eigenvalue weighted by Crippen LogP contribution is 2.08. The fourth-order valence-electron chi connectivity index (χ4n) is 3.39. The van der Waals surface area contributed by atoms with Crippen molar-refractivity contribution >= 4 is 10.1 Å². The minimum absolute atomic E-state index is 0. The first kappa shape index (κ1) is 34.2. The van der Waals surface area contributed by atoms with Crippen LogP contribution in [0.5, 0.6) is 0 Å². The monoisotopic (exact) mass is 510 g/mol. The quantitative estimate of drug-likeness (QED) is 0.375. The molecule has 0 aliphatic heterocycles. The van der Waals surface area contributed by atoms with E-state index in [-0.39, 0.29) is 21.9 Å². The fraction of sp³-hybridized carbons (Fsp3) is 0.739. The van der Waals surface area contributed by atoms with Gasteiger partial charge in [0.15, 0.2) is 0 Å². The molecule has 0 aliphatic rings. The highest BCUT2D eigenvalue weighted by Gasteiger charge is 2.16. The molecule has 0 atom stereocenters. The maximum absolute atomic E-state index is 10.4. The number of nitrogens with zero attached hydrogens (tertiary/aromatic N) is 2. The number of hydrogen-bond donors (Lipinski definition) is 0. The van der Waals surface area contributed by atoms with Gasteiger partial charge in [-0.15, -0.1) is 0 Å². The van der Waals surface area contributed by atoms with Crippen LogP contribution in [-0.4, -0.2) is 74.3 Å². The first-order valence-electron chi connectivity index (χ1n) is 11.2. The van der Waals surface area contributed by atoms with Crippen molar-refractivity contribution < 1.29 is 38.9 Å². The topological polar surface area (TPSA) is 57.2 Å². The summed E-state index contributed by atoms with van der Waals surface area (Å²) in [5.41, 5.74) is 0.928. The molecule has 0 heterocycles. The van der Waals surface area contributed by atoms with Gasteiger partial charge in [-0.1, -0.05) is 17.7 Å². The van der Waals surface area contributed by atoms with Crippen molar-refractivity contribution in [2.45, 2.75) is 67.2 Å². The molecule has 30 heavy (non-hydrogen) atoms. The first-order valence-corrected chi connectivity index (χ1v) is 12.6. The largest absolute Gasteiger partial charge is 1.00 e. The molecule has 0 unspecified atom stereocenters. The van der Waals surface area contributed by atoms with Crippen molar-refractivity contribution in [2.75, 3.05) is 52.4 Å². The number of hydrogen-bond acceptors (Lipinski definition) is 3. The predicted octanol–water partition coefficient (Wildman–Crippen LogP) is 1.67. The van der Waals surface area contributed by atoms with Crippen LogP contribution in [0.2, 0.25) is 0 Å². The van der Waals surface area contributed by atoms with E-state index < -0.39 is 10.1 Å². The zero-order valence-corrected chi connectivity index (χ0v) is 23.3. The van der Waals surface area contributed by atoms with Crippen molar-refractivity contribution in [3.63, 3.8) is 0 Å². The number of halogens is 1. The Hall–Kier alpha value is -0.470. The van der Waals surface area contributed by atoms with Gasteiger partial charge in [-0.25, -0.2) is 8.42 Å². The van der Waals surface area contributed by atoms with E-state index in [0.717, 1.165) is 5.56 Å². The van der Waals surface area contributed by atoms with Crippen LogP contribution < -0.4 is 17.0 Å². The zero-order chi connectivity index (χ0) is 23.1. The molecule has 0 radical (unpaired) electrons. The van der Waals surface area contributed by atoms with Crippen LogP contribution in [0.25, 0.3) is 0 Å². The highest BCUT2D eigenvalue weighted by atomic mass is 79.9. The lowest BCUT2D eigenvalue weighted by atomic mass is 10.2. The molecule has 0 bridgehead atoms. The van der Waals surface area contributed by atoms with Gasteiger partial charge in [0.2, 0.25) is 0 Å². The molecule has 5 nitrogen and oxygen atoms in total. The molecule has 1 aromatic rings. The minimum Gasteiger partial charge on any atom is -1.00 e. The summed E-state index contributed by atoms with van der Waals surface area (Å²) in [4.78, 5) is -0.178. The third-order valence-electron chi connectivity index (χ3n) is 6.68. The van der Waals surface area contributed by atoms with Crippen LogP contribution in [0, 0.1) is 6.92 Å². The Balaban J connectivity index is -0.000000362. The Labute approximate surface area is 198 Å². The second kappa shape index (κ2) is 17.1. The third kappa shape index (κ3) is 12.4. The van der Waals surface area contributed by atoms with Crippen LogP contribution in [0.15, 0.2) is 29.2 Å². The molecular formula is C23H47BrN2O3S. The summed E-state index contributed by atoms with van der Waals surface area (Å²) in [7, 11) is -4.27. The van der Waals surface area contributed by atoms with E-state index in [1.54, 1.807) is 12.1 Å². The van der Waals surface area contributed by atoms with Crippen molar-refractivity contribution in [3.8, 4) is 0 Å². The Morgan fingerprint density at radius 1 is 0.633 bits per heavy atom. The van der Waals surface area contributed by atoms with Gasteiger partial charge in [0.05, 0.1) is 57.3 Å². The first-order chi connectivity index (χ1) is 13.5. The standard InChI is InChI=1S/2C8H20N.C7H8O3S.BrH/c2*1-5-9(6-2,7-3)8-4;1-6-2-4-7(5-3-6)11(8,9)10;/h2*5-8H2,1-4H3;2-5H,1H3,(H,8,9,10);1H/q2*+1;;/p-2. The van der Waals surface area contributed by atoms with Gasteiger partial charge in [0.1, 0.15) is 10.1 Å². The van der Waals surface area contributed by atoms with E-state index in [2.05, 4.69) is 55.4 Å². The molecule has 7 heteroatoms.